The number of hydrogen-bond acceptors (Lipinski definition) is 9. The van der Waals surface area contributed by atoms with Crippen LogP contribution >= 0.6 is 11.3 Å². The third-order valence-electron chi connectivity index (χ3n) is 6.54. The molecule has 3 atom stereocenters. The highest BCUT2D eigenvalue weighted by Crippen LogP contribution is 2.50. The van der Waals surface area contributed by atoms with Crippen LogP contribution in [0, 0.1) is 5.92 Å². The topological polar surface area (TPSA) is 100 Å². The molecule has 2 aliphatic rings. The number of nitrogens with one attached hydrogen (secondary N) is 1. The van der Waals surface area contributed by atoms with Crippen LogP contribution in [0.5, 0.6) is 11.5 Å². The molecule has 35 heavy (non-hydrogen) atoms. The van der Waals surface area contributed by atoms with Crippen LogP contribution in [0.1, 0.15) is 35.6 Å². The number of Topliss-reactive ketones (excluding diaryl/α,β-unsaturated/α-hetero) is 1. The summed E-state index contributed by atoms with van der Waals surface area (Å²) in [4.78, 5) is 41.0. The molecule has 1 aliphatic carbocycles. The average Bonchev–Trinajstić information content (AvgIpc) is 3.41. The van der Waals surface area contributed by atoms with Crippen LogP contribution < -0.4 is 14.8 Å². The number of carbonyl (C=O) groups excluding carboxylic acids is 3. The zero-order chi connectivity index (χ0) is 25.3. The fourth-order valence-electron chi connectivity index (χ4n) is 4.96. The molecule has 4 rings (SSSR count). The number of carbonyl (C=O) groups is 3. The van der Waals surface area contributed by atoms with Gasteiger partial charge < -0.3 is 24.3 Å². The van der Waals surface area contributed by atoms with Gasteiger partial charge in [0.1, 0.15) is 17.4 Å². The third kappa shape index (κ3) is 4.20. The maximum absolute atomic E-state index is 14.1. The molecule has 0 amide bonds. The number of hydrogen-bond donors (Lipinski definition) is 1. The summed E-state index contributed by atoms with van der Waals surface area (Å²) < 4.78 is 21.2. The predicted molar refractivity (Wildman–Crippen MR) is 129 cm³/mol. The number of rotatable bonds is 6. The van der Waals surface area contributed by atoms with E-state index < -0.39 is 29.6 Å². The summed E-state index contributed by atoms with van der Waals surface area (Å²) in [5, 5.41) is 5.18. The predicted octanol–water partition coefficient (Wildman–Crippen LogP) is 3.70. The Morgan fingerprint density at radius 1 is 1.06 bits per heavy atom. The average molecular weight is 498 g/mol. The van der Waals surface area contributed by atoms with Gasteiger partial charge in [-0.25, -0.2) is 4.79 Å². The first-order valence-corrected chi connectivity index (χ1v) is 11.9. The first-order valence-electron chi connectivity index (χ1n) is 11.0. The zero-order valence-corrected chi connectivity index (χ0v) is 21.0. The van der Waals surface area contributed by atoms with Crippen molar-refractivity contribution in [1.29, 1.82) is 0 Å². The van der Waals surface area contributed by atoms with Gasteiger partial charge in [0.05, 0.1) is 39.9 Å². The fraction of sp³-hybridized carbons (Fsp3) is 0.346. The highest BCUT2D eigenvalue weighted by atomic mass is 32.1. The maximum Gasteiger partial charge on any atom is 0.336 e. The number of benzene rings is 1. The Bertz CT molecular complexity index is 1230. The van der Waals surface area contributed by atoms with Crippen molar-refractivity contribution in [2.45, 2.75) is 25.2 Å². The molecule has 2 aromatic rings. The molecule has 0 bridgehead atoms. The van der Waals surface area contributed by atoms with E-state index in [0.29, 0.717) is 40.5 Å². The minimum absolute atomic E-state index is 0.268. The summed E-state index contributed by atoms with van der Waals surface area (Å²) in [5.74, 6) is -2.84. The molecule has 0 spiro atoms. The number of esters is 2. The molecule has 2 heterocycles. The van der Waals surface area contributed by atoms with Crippen molar-refractivity contribution < 1.29 is 33.3 Å². The molecule has 1 aliphatic heterocycles. The van der Waals surface area contributed by atoms with E-state index in [1.807, 2.05) is 17.5 Å². The van der Waals surface area contributed by atoms with Gasteiger partial charge in [0.2, 0.25) is 0 Å². The molecular weight excluding hydrogens is 470 g/mol. The Morgan fingerprint density at radius 2 is 1.83 bits per heavy atom. The molecule has 184 valence electrons. The van der Waals surface area contributed by atoms with Gasteiger partial charge in [-0.1, -0.05) is 6.07 Å². The molecule has 1 N–H and O–H groups in total. The molecule has 0 saturated heterocycles. The molecule has 0 radical (unpaired) electrons. The Morgan fingerprint density at radius 3 is 2.43 bits per heavy atom. The summed E-state index contributed by atoms with van der Waals surface area (Å²) in [6.45, 7) is 1.77. The molecule has 1 aromatic heterocycles. The number of allylic oxidation sites excluding steroid dienone is 3. The van der Waals surface area contributed by atoms with Gasteiger partial charge in [0.15, 0.2) is 5.78 Å². The second kappa shape index (κ2) is 9.95. The minimum Gasteiger partial charge on any atom is -0.497 e. The van der Waals surface area contributed by atoms with Crippen LogP contribution in [0.2, 0.25) is 0 Å². The number of ketones is 1. The lowest BCUT2D eigenvalue weighted by Crippen LogP contribution is -2.43. The SMILES string of the molecule is COC(=O)C1=C(C)NC2=C(C(=O)[C@@H](C(=O)OC)[C@H](c3cccs3)C2)[C@@H]1c1cc(OC)ccc1OC. The Balaban J connectivity index is 1.97. The second-order valence-corrected chi connectivity index (χ2v) is 9.26. The lowest BCUT2D eigenvalue weighted by molar-refractivity contribution is -0.149. The van der Waals surface area contributed by atoms with E-state index in [9.17, 15) is 14.4 Å². The second-order valence-electron chi connectivity index (χ2n) is 8.28. The van der Waals surface area contributed by atoms with Gasteiger partial charge in [-0.3, -0.25) is 9.59 Å². The van der Waals surface area contributed by atoms with Gasteiger partial charge >= 0.3 is 11.9 Å². The minimum atomic E-state index is -1.05. The van der Waals surface area contributed by atoms with Gasteiger partial charge in [-0.2, -0.15) is 0 Å². The monoisotopic (exact) mass is 497 g/mol. The van der Waals surface area contributed by atoms with E-state index in [2.05, 4.69) is 5.32 Å². The summed E-state index contributed by atoms with van der Waals surface area (Å²) in [5.41, 5.74) is 2.38. The van der Waals surface area contributed by atoms with E-state index in [4.69, 9.17) is 18.9 Å². The van der Waals surface area contributed by atoms with E-state index in [0.717, 1.165) is 4.88 Å². The van der Waals surface area contributed by atoms with Crippen molar-refractivity contribution in [3.05, 3.63) is 68.7 Å². The summed E-state index contributed by atoms with van der Waals surface area (Å²) in [6.07, 6.45) is 0.399. The Hall–Kier alpha value is -3.59. The Labute approximate surface area is 207 Å². The molecule has 0 fully saturated rings. The van der Waals surface area contributed by atoms with E-state index in [1.54, 1.807) is 25.1 Å². The normalized spacial score (nSPS) is 21.7. The van der Waals surface area contributed by atoms with Crippen molar-refractivity contribution in [1.82, 2.24) is 5.32 Å². The highest BCUT2D eigenvalue weighted by molar-refractivity contribution is 7.10. The number of methoxy groups -OCH3 is 4. The first kappa shape index (κ1) is 24.5. The summed E-state index contributed by atoms with van der Waals surface area (Å²) >= 11 is 1.49. The molecule has 0 saturated carbocycles. The lowest BCUT2D eigenvalue weighted by atomic mass is 9.68. The number of thiophene rings is 1. The third-order valence-corrected chi connectivity index (χ3v) is 7.54. The zero-order valence-electron chi connectivity index (χ0n) is 20.2. The Kier molecular flexibility index (Phi) is 6.98. The molecule has 0 unspecified atom stereocenters. The number of dihydropyridines is 1. The smallest absolute Gasteiger partial charge is 0.336 e. The van der Waals surface area contributed by atoms with Crippen molar-refractivity contribution in [3.63, 3.8) is 0 Å². The van der Waals surface area contributed by atoms with E-state index in [-0.39, 0.29) is 11.5 Å². The van der Waals surface area contributed by atoms with Crippen LogP contribution in [-0.4, -0.2) is 46.2 Å². The first-order chi connectivity index (χ1) is 16.9. The van der Waals surface area contributed by atoms with Crippen LogP contribution in [-0.2, 0) is 23.9 Å². The van der Waals surface area contributed by atoms with Crippen molar-refractivity contribution in [2.75, 3.05) is 28.4 Å². The molecule has 8 nitrogen and oxygen atoms in total. The van der Waals surface area contributed by atoms with Gasteiger partial charge in [0, 0.05) is 33.3 Å². The van der Waals surface area contributed by atoms with Gasteiger partial charge in [-0.15, -0.1) is 11.3 Å². The fourth-order valence-corrected chi connectivity index (χ4v) is 5.82. The van der Waals surface area contributed by atoms with Crippen LogP contribution in [0.4, 0.5) is 0 Å². The number of ether oxygens (including phenoxy) is 4. The summed E-state index contributed by atoms with van der Waals surface area (Å²) in [7, 11) is 5.62. The molecule has 9 heteroatoms. The largest absolute Gasteiger partial charge is 0.497 e. The van der Waals surface area contributed by atoms with E-state index in [1.165, 1.54) is 39.8 Å². The standard InChI is InChI=1S/C26H27NO7S/c1-13-20(25(29)33-4)21(15-11-14(31-2)8-9-18(15)32-3)23-17(27-13)12-16(19-7-6-10-35-19)22(24(23)28)26(30)34-5/h6-11,16,21-22,27H,12H2,1-5H3/t16-,21+,22-/m0/s1. The maximum atomic E-state index is 14.1. The molecular formula is C26H27NO7S. The van der Waals surface area contributed by atoms with Crippen molar-refractivity contribution in [2.24, 2.45) is 5.92 Å². The van der Waals surface area contributed by atoms with Crippen LogP contribution in [0.3, 0.4) is 0 Å². The van der Waals surface area contributed by atoms with Gasteiger partial charge in [-0.05, 0) is 43.0 Å². The van der Waals surface area contributed by atoms with Crippen LogP contribution in [0.15, 0.2) is 58.3 Å². The van der Waals surface area contributed by atoms with Crippen molar-refractivity contribution >= 4 is 29.1 Å². The van der Waals surface area contributed by atoms with Gasteiger partial charge in [0.25, 0.3) is 0 Å². The molecule has 1 aromatic carbocycles. The quantitative estimate of drug-likeness (QED) is 0.476. The highest BCUT2D eigenvalue weighted by Gasteiger charge is 2.49. The van der Waals surface area contributed by atoms with Crippen molar-refractivity contribution in [3.8, 4) is 11.5 Å². The van der Waals surface area contributed by atoms with E-state index >= 15 is 0 Å². The van der Waals surface area contributed by atoms with Crippen LogP contribution in [0.25, 0.3) is 0 Å². The lowest BCUT2D eigenvalue weighted by Gasteiger charge is -2.39. The summed E-state index contributed by atoms with van der Waals surface area (Å²) in [6, 6.07) is 9.00.